The first-order chi connectivity index (χ1) is 8.66. The molecule has 2 aromatic rings. The van der Waals surface area contributed by atoms with E-state index in [0.717, 1.165) is 5.56 Å². The van der Waals surface area contributed by atoms with Gasteiger partial charge in [0.25, 0.3) is 0 Å². The van der Waals surface area contributed by atoms with Gasteiger partial charge in [-0.15, -0.1) is 0 Å². The number of hydrogen-bond donors (Lipinski definition) is 2. The average molecular weight is 242 g/mol. The summed E-state index contributed by atoms with van der Waals surface area (Å²) in [4.78, 5) is 10.9. The molecule has 2 rings (SSSR count). The van der Waals surface area contributed by atoms with Crippen LogP contribution in [-0.4, -0.2) is 5.91 Å². The maximum absolute atomic E-state index is 10.9. The van der Waals surface area contributed by atoms with Crippen molar-refractivity contribution in [2.45, 2.75) is 6.61 Å². The van der Waals surface area contributed by atoms with Crippen LogP contribution in [0.4, 0.5) is 5.69 Å². The lowest BCUT2D eigenvalue weighted by Gasteiger charge is -2.08. The van der Waals surface area contributed by atoms with Crippen molar-refractivity contribution in [2.75, 3.05) is 5.73 Å². The summed E-state index contributed by atoms with van der Waals surface area (Å²) in [6.07, 6.45) is 0. The topological polar surface area (TPSA) is 78.3 Å². The Balaban J connectivity index is 2.02. The highest BCUT2D eigenvalue weighted by Gasteiger charge is 2.02. The molecule has 4 N–H and O–H groups in total. The molecule has 0 fully saturated rings. The standard InChI is InChI=1S/C14H14N2O2/c15-12-3-1-2-4-13(12)18-9-10-5-7-11(8-6-10)14(16)17/h1-8H,9,15H2,(H2,16,17). The predicted molar refractivity (Wildman–Crippen MR) is 70.1 cm³/mol. The first-order valence-electron chi connectivity index (χ1n) is 5.53. The first-order valence-corrected chi connectivity index (χ1v) is 5.53. The number of ether oxygens (including phenoxy) is 1. The monoisotopic (exact) mass is 242 g/mol. The van der Waals surface area contributed by atoms with Crippen molar-refractivity contribution in [3.8, 4) is 5.75 Å². The van der Waals surface area contributed by atoms with Crippen LogP contribution in [0, 0.1) is 0 Å². The highest BCUT2D eigenvalue weighted by molar-refractivity contribution is 5.92. The van der Waals surface area contributed by atoms with Gasteiger partial charge in [0.05, 0.1) is 5.69 Å². The van der Waals surface area contributed by atoms with Gasteiger partial charge in [-0.25, -0.2) is 0 Å². The molecule has 0 bridgehead atoms. The maximum atomic E-state index is 10.9. The molecule has 0 spiro atoms. The highest BCUT2D eigenvalue weighted by atomic mass is 16.5. The number of benzene rings is 2. The second-order valence-corrected chi connectivity index (χ2v) is 3.89. The van der Waals surface area contributed by atoms with Crippen LogP contribution in [0.3, 0.4) is 0 Å². The Kier molecular flexibility index (Phi) is 3.48. The van der Waals surface area contributed by atoms with Gasteiger partial charge in [-0.2, -0.15) is 0 Å². The molecule has 92 valence electrons. The van der Waals surface area contributed by atoms with Crippen molar-refractivity contribution >= 4 is 11.6 Å². The molecule has 0 aliphatic carbocycles. The van der Waals surface area contributed by atoms with Gasteiger partial charge in [0.2, 0.25) is 5.91 Å². The minimum absolute atomic E-state index is 0.396. The molecule has 0 aliphatic rings. The van der Waals surface area contributed by atoms with Crippen LogP contribution in [0.25, 0.3) is 0 Å². The Morgan fingerprint density at radius 1 is 1.06 bits per heavy atom. The van der Waals surface area contributed by atoms with E-state index < -0.39 is 5.91 Å². The molecule has 0 radical (unpaired) electrons. The summed E-state index contributed by atoms with van der Waals surface area (Å²) in [5.74, 6) is 0.214. The summed E-state index contributed by atoms with van der Waals surface area (Å²) in [5, 5.41) is 0. The van der Waals surface area contributed by atoms with Gasteiger partial charge < -0.3 is 16.2 Å². The molecule has 18 heavy (non-hydrogen) atoms. The Morgan fingerprint density at radius 3 is 2.33 bits per heavy atom. The van der Waals surface area contributed by atoms with E-state index in [-0.39, 0.29) is 0 Å². The number of nitrogen functional groups attached to an aromatic ring is 1. The van der Waals surface area contributed by atoms with Crippen molar-refractivity contribution in [3.63, 3.8) is 0 Å². The Morgan fingerprint density at radius 2 is 1.72 bits per heavy atom. The number of hydrogen-bond acceptors (Lipinski definition) is 3. The number of para-hydroxylation sites is 2. The second kappa shape index (κ2) is 5.23. The van der Waals surface area contributed by atoms with E-state index in [1.54, 1.807) is 30.3 Å². The summed E-state index contributed by atoms with van der Waals surface area (Å²) < 4.78 is 5.58. The van der Waals surface area contributed by atoms with E-state index in [2.05, 4.69) is 0 Å². The number of nitrogens with two attached hydrogens (primary N) is 2. The molecule has 0 unspecified atom stereocenters. The van der Waals surface area contributed by atoms with Crippen molar-refractivity contribution in [3.05, 3.63) is 59.7 Å². The Bertz CT molecular complexity index is 550. The van der Waals surface area contributed by atoms with Crippen molar-refractivity contribution in [1.82, 2.24) is 0 Å². The van der Waals surface area contributed by atoms with Crippen LogP contribution in [0.2, 0.25) is 0 Å². The third-order valence-corrected chi connectivity index (χ3v) is 2.55. The summed E-state index contributed by atoms with van der Waals surface area (Å²) in [5.41, 5.74) is 13.0. The Hall–Kier alpha value is -2.49. The molecule has 0 aromatic heterocycles. The number of amides is 1. The zero-order valence-corrected chi connectivity index (χ0v) is 9.80. The fraction of sp³-hybridized carbons (Fsp3) is 0.0714. The van der Waals surface area contributed by atoms with E-state index in [1.807, 2.05) is 18.2 Å². The number of anilines is 1. The third-order valence-electron chi connectivity index (χ3n) is 2.55. The smallest absolute Gasteiger partial charge is 0.248 e. The molecule has 0 atom stereocenters. The summed E-state index contributed by atoms with van der Waals surface area (Å²) in [7, 11) is 0. The lowest BCUT2D eigenvalue weighted by atomic mass is 10.1. The molecule has 0 saturated carbocycles. The van der Waals surface area contributed by atoms with Gasteiger partial charge in [0.15, 0.2) is 0 Å². The predicted octanol–water partition coefficient (Wildman–Crippen LogP) is 1.95. The zero-order valence-electron chi connectivity index (χ0n) is 9.80. The molecule has 0 heterocycles. The fourth-order valence-corrected chi connectivity index (χ4v) is 1.54. The second-order valence-electron chi connectivity index (χ2n) is 3.89. The van der Waals surface area contributed by atoms with Crippen molar-refractivity contribution < 1.29 is 9.53 Å². The largest absolute Gasteiger partial charge is 0.487 e. The van der Waals surface area contributed by atoms with E-state index in [1.165, 1.54) is 0 Å². The quantitative estimate of drug-likeness (QED) is 0.804. The first kappa shape index (κ1) is 12.0. The lowest BCUT2D eigenvalue weighted by molar-refractivity contribution is 0.1000. The molecule has 4 nitrogen and oxygen atoms in total. The van der Waals surface area contributed by atoms with Crippen LogP contribution in [0.1, 0.15) is 15.9 Å². The van der Waals surface area contributed by atoms with E-state index in [9.17, 15) is 4.79 Å². The van der Waals surface area contributed by atoms with Crippen molar-refractivity contribution in [2.24, 2.45) is 5.73 Å². The minimum Gasteiger partial charge on any atom is -0.487 e. The maximum Gasteiger partial charge on any atom is 0.248 e. The van der Waals surface area contributed by atoms with Crippen molar-refractivity contribution in [1.29, 1.82) is 0 Å². The third kappa shape index (κ3) is 2.79. The van der Waals surface area contributed by atoms with E-state index >= 15 is 0 Å². The van der Waals surface area contributed by atoms with Gasteiger partial charge in [-0.1, -0.05) is 24.3 Å². The van der Waals surface area contributed by atoms with Gasteiger partial charge in [0.1, 0.15) is 12.4 Å². The molecular weight excluding hydrogens is 228 g/mol. The minimum atomic E-state index is -0.435. The van der Waals surface area contributed by atoms with Gasteiger partial charge in [-0.05, 0) is 29.8 Å². The SMILES string of the molecule is NC(=O)c1ccc(COc2ccccc2N)cc1. The van der Waals surface area contributed by atoms with Crippen LogP contribution in [0.15, 0.2) is 48.5 Å². The zero-order chi connectivity index (χ0) is 13.0. The highest BCUT2D eigenvalue weighted by Crippen LogP contribution is 2.21. The number of primary amides is 1. The summed E-state index contributed by atoms with van der Waals surface area (Å²) in [6.45, 7) is 0.396. The van der Waals surface area contributed by atoms with Gasteiger partial charge in [-0.3, -0.25) is 4.79 Å². The van der Waals surface area contributed by atoms with Crippen LogP contribution >= 0.6 is 0 Å². The summed E-state index contributed by atoms with van der Waals surface area (Å²) in [6, 6.07) is 14.3. The fourth-order valence-electron chi connectivity index (χ4n) is 1.54. The van der Waals surface area contributed by atoms with E-state index in [0.29, 0.717) is 23.6 Å². The van der Waals surface area contributed by atoms with E-state index in [4.69, 9.17) is 16.2 Å². The van der Waals surface area contributed by atoms with Gasteiger partial charge in [0, 0.05) is 5.56 Å². The molecule has 1 amide bonds. The summed E-state index contributed by atoms with van der Waals surface area (Å²) >= 11 is 0. The van der Waals surface area contributed by atoms with Gasteiger partial charge >= 0.3 is 0 Å². The van der Waals surface area contributed by atoms with Crippen LogP contribution in [0.5, 0.6) is 5.75 Å². The molecule has 0 aliphatic heterocycles. The lowest BCUT2D eigenvalue weighted by Crippen LogP contribution is -2.10. The molecule has 4 heteroatoms. The number of carbonyl (C=O) groups is 1. The number of rotatable bonds is 4. The number of carbonyl (C=O) groups excluding carboxylic acids is 1. The van der Waals surface area contributed by atoms with Crippen LogP contribution in [-0.2, 0) is 6.61 Å². The molecular formula is C14H14N2O2. The molecule has 0 saturated heterocycles. The Labute approximate surface area is 105 Å². The van der Waals surface area contributed by atoms with Crippen LogP contribution < -0.4 is 16.2 Å². The normalized spacial score (nSPS) is 10.0. The molecule has 2 aromatic carbocycles. The average Bonchev–Trinajstić information content (AvgIpc) is 2.38.